The summed E-state index contributed by atoms with van der Waals surface area (Å²) >= 11 is 0. The van der Waals surface area contributed by atoms with Crippen molar-refractivity contribution in [2.45, 2.75) is 32.2 Å². The summed E-state index contributed by atoms with van der Waals surface area (Å²) in [4.78, 5) is 24.7. The van der Waals surface area contributed by atoms with E-state index in [0.29, 0.717) is 30.5 Å². The molecule has 0 aliphatic carbocycles. The van der Waals surface area contributed by atoms with Crippen LogP contribution >= 0.6 is 0 Å². The number of carbonyl (C=O) groups excluding carboxylic acids is 1. The van der Waals surface area contributed by atoms with Crippen molar-refractivity contribution < 1.29 is 24.5 Å². The van der Waals surface area contributed by atoms with Crippen LogP contribution in [-0.4, -0.2) is 46.7 Å². The van der Waals surface area contributed by atoms with Crippen molar-refractivity contribution in [2.24, 2.45) is 0 Å². The van der Waals surface area contributed by atoms with E-state index in [4.69, 9.17) is 9.84 Å². The zero-order valence-electron chi connectivity index (χ0n) is 12.1. The van der Waals surface area contributed by atoms with Crippen LogP contribution in [0.1, 0.15) is 35.7 Å². The molecule has 0 aromatic heterocycles. The van der Waals surface area contributed by atoms with Crippen LogP contribution in [0, 0.1) is 0 Å². The average Bonchev–Trinajstić information content (AvgIpc) is 2.39. The second-order valence-electron chi connectivity index (χ2n) is 5.08. The highest BCUT2D eigenvalue weighted by Gasteiger charge is 2.38. The first-order valence-corrected chi connectivity index (χ1v) is 6.93. The molecule has 1 aromatic carbocycles. The number of aliphatic carboxylic acids is 1. The standard InChI is InChI=1S/C15H19NO5/c1-3-4-9-7-10(8-12(21-2)13(9)17)14(18)16-6-5-11(16)15(19)20/h7-8,11,17H,3-6H2,1-2H3,(H,19,20)/t11-/m1/s1. The third-order valence-corrected chi connectivity index (χ3v) is 3.71. The number of hydrogen-bond donors (Lipinski definition) is 2. The maximum Gasteiger partial charge on any atom is 0.326 e. The predicted molar refractivity (Wildman–Crippen MR) is 75.7 cm³/mol. The summed E-state index contributed by atoms with van der Waals surface area (Å²) in [5.41, 5.74) is 0.978. The molecule has 114 valence electrons. The van der Waals surface area contributed by atoms with Gasteiger partial charge in [0.2, 0.25) is 0 Å². The van der Waals surface area contributed by atoms with Crippen LogP contribution in [0.2, 0.25) is 0 Å². The summed E-state index contributed by atoms with van der Waals surface area (Å²) in [5.74, 6) is -1.07. The van der Waals surface area contributed by atoms with Crippen LogP contribution in [-0.2, 0) is 11.2 Å². The van der Waals surface area contributed by atoms with Gasteiger partial charge in [-0.2, -0.15) is 0 Å². The Morgan fingerprint density at radius 2 is 2.14 bits per heavy atom. The zero-order valence-corrected chi connectivity index (χ0v) is 12.1. The number of phenols is 1. The molecule has 6 nitrogen and oxygen atoms in total. The number of carbonyl (C=O) groups is 2. The van der Waals surface area contributed by atoms with Gasteiger partial charge in [0.15, 0.2) is 11.5 Å². The van der Waals surface area contributed by atoms with Gasteiger partial charge in [-0.3, -0.25) is 4.79 Å². The number of nitrogens with zero attached hydrogens (tertiary/aromatic N) is 1. The molecule has 0 spiro atoms. The SMILES string of the molecule is CCCc1cc(C(=O)N2CC[C@@H]2C(=O)O)cc(OC)c1O. The minimum Gasteiger partial charge on any atom is -0.504 e. The number of rotatable bonds is 5. The monoisotopic (exact) mass is 293 g/mol. The lowest BCUT2D eigenvalue weighted by Gasteiger charge is -2.38. The Labute approximate surface area is 122 Å². The molecule has 6 heteroatoms. The van der Waals surface area contributed by atoms with E-state index in [0.717, 1.165) is 6.42 Å². The Bertz CT molecular complexity index is 569. The lowest BCUT2D eigenvalue weighted by molar-refractivity contribution is -0.146. The van der Waals surface area contributed by atoms with Gasteiger partial charge in [0, 0.05) is 12.1 Å². The molecule has 2 N–H and O–H groups in total. The largest absolute Gasteiger partial charge is 0.504 e. The van der Waals surface area contributed by atoms with Crippen LogP contribution in [0.3, 0.4) is 0 Å². The molecule has 0 unspecified atom stereocenters. The molecular weight excluding hydrogens is 274 g/mol. The summed E-state index contributed by atoms with van der Waals surface area (Å²) in [6, 6.07) is 2.31. The first-order chi connectivity index (χ1) is 9.99. The van der Waals surface area contributed by atoms with E-state index in [1.165, 1.54) is 18.1 Å². The number of methoxy groups -OCH3 is 1. The molecule has 0 bridgehead atoms. The molecule has 2 rings (SSSR count). The molecular formula is C15H19NO5. The molecule has 1 aliphatic rings. The maximum absolute atomic E-state index is 12.4. The molecule has 1 fully saturated rings. The van der Waals surface area contributed by atoms with Gasteiger partial charge in [-0.05, 0) is 30.5 Å². The highest BCUT2D eigenvalue weighted by Crippen LogP contribution is 2.33. The second-order valence-corrected chi connectivity index (χ2v) is 5.08. The number of amides is 1. The van der Waals surface area contributed by atoms with Crippen molar-refractivity contribution in [3.8, 4) is 11.5 Å². The van der Waals surface area contributed by atoms with Crippen LogP contribution in [0.25, 0.3) is 0 Å². The van der Waals surface area contributed by atoms with Crippen molar-refractivity contribution >= 4 is 11.9 Å². The molecule has 1 heterocycles. The Balaban J connectivity index is 2.32. The van der Waals surface area contributed by atoms with Crippen molar-refractivity contribution in [1.29, 1.82) is 0 Å². The maximum atomic E-state index is 12.4. The van der Waals surface area contributed by atoms with E-state index in [-0.39, 0.29) is 17.4 Å². The summed E-state index contributed by atoms with van der Waals surface area (Å²) in [7, 11) is 1.42. The van der Waals surface area contributed by atoms with Gasteiger partial charge in [0.1, 0.15) is 6.04 Å². The van der Waals surface area contributed by atoms with Crippen LogP contribution < -0.4 is 4.74 Å². The Morgan fingerprint density at radius 3 is 2.62 bits per heavy atom. The summed E-state index contributed by atoms with van der Waals surface area (Å²) in [6.07, 6.45) is 1.90. The first-order valence-electron chi connectivity index (χ1n) is 6.93. The Kier molecular flexibility index (Phi) is 4.35. The smallest absolute Gasteiger partial charge is 0.326 e. The Morgan fingerprint density at radius 1 is 1.43 bits per heavy atom. The van der Waals surface area contributed by atoms with Gasteiger partial charge in [-0.25, -0.2) is 4.79 Å². The topological polar surface area (TPSA) is 87.1 Å². The molecule has 1 aromatic rings. The number of carboxylic acids is 1. The fourth-order valence-electron chi connectivity index (χ4n) is 2.46. The van der Waals surface area contributed by atoms with Gasteiger partial charge >= 0.3 is 5.97 Å². The van der Waals surface area contributed by atoms with E-state index in [1.807, 2.05) is 6.92 Å². The zero-order chi connectivity index (χ0) is 15.6. The third-order valence-electron chi connectivity index (χ3n) is 3.71. The lowest BCUT2D eigenvalue weighted by atomic mass is 9.99. The number of aromatic hydroxyl groups is 1. The molecule has 1 atom stereocenters. The van der Waals surface area contributed by atoms with Gasteiger partial charge in [0.05, 0.1) is 7.11 Å². The number of aryl methyl sites for hydroxylation is 1. The molecule has 1 amide bonds. The van der Waals surface area contributed by atoms with Crippen LogP contribution in [0.5, 0.6) is 11.5 Å². The quantitative estimate of drug-likeness (QED) is 0.862. The number of ether oxygens (including phenoxy) is 1. The van der Waals surface area contributed by atoms with Gasteiger partial charge in [0.25, 0.3) is 5.91 Å². The molecule has 1 saturated heterocycles. The minimum absolute atomic E-state index is 0.0364. The van der Waals surface area contributed by atoms with E-state index in [2.05, 4.69) is 0 Å². The fourth-order valence-corrected chi connectivity index (χ4v) is 2.46. The molecule has 1 aliphatic heterocycles. The highest BCUT2D eigenvalue weighted by molar-refractivity contribution is 5.98. The fraction of sp³-hybridized carbons (Fsp3) is 0.467. The minimum atomic E-state index is -0.992. The van der Waals surface area contributed by atoms with Crippen molar-refractivity contribution in [3.05, 3.63) is 23.3 Å². The third kappa shape index (κ3) is 2.79. The van der Waals surface area contributed by atoms with E-state index >= 15 is 0 Å². The summed E-state index contributed by atoms with van der Waals surface area (Å²) in [5, 5.41) is 19.1. The van der Waals surface area contributed by atoms with Crippen LogP contribution in [0.4, 0.5) is 0 Å². The van der Waals surface area contributed by atoms with Gasteiger partial charge in [-0.1, -0.05) is 13.3 Å². The summed E-state index contributed by atoms with van der Waals surface area (Å²) in [6.45, 7) is 2.40. The van der Waals surface area contributed by atoms with E-state index in [9.17, 15) is 14.7 Å². The number of benzene rings is 1. The number of likely N-dealkylation sites (tertiary alicyclic amines) is 1. The average molecular weight is 293 g/mol. The van der Waals surface area contributed by atoms with Crippen molar-refractivity contribution in [1.82, 2.24) is 4.90 Å². The van der Waals surface area contributed by atoms with Crippen LogP contribution in [0.15, 0.2) is 12.1 Å². The van der Waals surface area contributed by atoms with Crippen molar-refractivity contribution in [2.75, 3.05) is 13.7 Å². The highest BCUT2D eigenvalue weighted by atomic mass is 16.5. The lowest BCUT2D eigenvalue weighted by Crippen LogP contribution is -2.55. The molecule has 0 radical (unpaired) electrons. The van der Waals surface area contributed by atoms with Gasteiger partial charge < -0.3 is 19.8 Å². The first kappa shape index (κ1) is 15.2. The number of carboxylic acid groups (broad SMARTS) is 1. The normalized spacial score (nSPS) is 17.2. The van der Waals surface area contributed by atoms with Gasteiger partial charge in [-0.15, -0.1) is 0 Å². The molecule has 0 saturated carbocycles. The van der Waals surface area contributed by atoms with Crippen molar-refractivity contribution in [3.63, 3.8) is 0 Å². The van der Waals surface area contributed by atoms with E-state index in [1.54, 1.807) is 6.07 Å². The molecule has 21 heavy (non-hydrogen) atoms. The second kappa shape index (κ2) is 6.03. The van der Waals surface area contributed by atoms with E-state index < -0.39 is 12.0 Å². The summed E-state index contributed by atoms with van der Waals surface area (Å²) < 4.78 is 5.09. The number of phenolic OH excluding ortho intramolecular Hbond substituents is 1. The number of hydrogen-bond acceptors (Lipinski definition) is 4. The predicted octanol–water partition coefficient (Wildman–Crippen LogP) is 1.65. The Hall–Kier alpha value is -2.24.